The van der Waals surface area contributed by atoms with Gasteiger partial charge >= 0.3 is 0 Å². The summed E-state index contributed by atoms with van der Waals surface area (Å²) in [4.78, 5) is 17.6. The highest BCUT2D eigenvalue weighted by Gasteiger charge is 2.33. The number of thiazole rings is 1. The van der Waals surface area contributed by atoms with E-state index in [1.807, 2.05) is 60.8 Å². The standard InChI is InChI=1S/C28H24N4O3S/c1-17-8-3-4-9-18(17)16-35-26-19(10-7-12-23(26)34-2)20-14-25(33)31-27-21(20)15-29-32(27)28-30-22-11-5-6-13-24(22)36-28/h3-13,15,20H,14,16H2,1-2H3,(H,31,33)/t20-/m0/s1. The summed E-state index contributed by atoms with van der Waals surface area (Å²) in [5.41, 5.74) is 4.97. The van der Waals surface area contributed by atoms with Gasteiger partial charge in [0.2, 0.25) is 11.0 Å². The van der Waals surface area contributed by atoms with Gasteiger partial charge in [0.15, 0.2) is 11.5 Å². The van der Waals surface area contributed by atoms with Gasteiger partial charge in [0, 0.05) is 23.5 Å². The lowest BCUT2D eigenvalue weighted by atomic mass is 9.86. The average Bonchev–Trinajstić information content (AvgIpc) is 3.51. The van der Waals surface area contributed by atoms with E-state index in [1.165, 1.54) is 11.3 Å². The van der Waals surface area contributed by atoms with Crippen LogP contribution in [0.15, 0.2) is 72.9 Å². The van der Waals surface area contributed by atoms with Gasteiger partial charge in [-0.2, -0.15) is 9.78 Å². The molecular formula is C28H24N4O3S. The largest absolute Gasteiger partial charge is 0.493 e. The van der Waals surface area contributed by atoms with E-state index < -0.39 is 0 Å². The summed E-state index contributed by atoms with van der Waals surface area (Å²) in [7, 11) is 1.63. The second-order valence-electron chi connectivity index (χ2n) is 8.72. The van der Waals surface area contributed by atoms with E-state index in [-0.39, 0.29) is 18.2 Å². The first-order valence-electron chi connectivity index (χ1n) is 11.7. The van der Waals surface area contributed by atoms with Crippen molar-refractivity contribution in [3.63, 3.8) is 0 Å². The fourth-order valence-corrected chi connectivity index (χ4v) is 5.57. The molecule has 3 aromatic carbocycles. The fourth-order valence-electron chi connectivity index (χ4n) is 4.64. The van der Waals surface area contributed by atoms with Crippen molar-refractivity contribution in [3.05, 3.63) is 95.2 Å². The molecule has 0 saturated carbocycles. The molecule has 1 aliphatic rings. The highest BCUT2D eigenvalue weighted by atomic mass is 32.1. The molecule has 0 radical (unpaired) electrons. The molecule has 1 amide bonds. The third kappa shape index (κ3) is 3.89. The zero-order valence-corrected chi connectivity index (χ0v) is 20.7. The Morgan fingerprint density at radius 1 is 1.06 bits per heavy atom. The molecular weight excluding hydrogens is 472 g/mol. The summed E-state index contributed by atoms with van der Waals surface area (Å²) < 4.78 is 14.8. The highest BCUT2D eigenvalue weighted by molar-refractivity contribution is 7.20. The van der Waals surface area contributed by atoms with Crippen molar-refractivity contribution < 1.29 is 14.3 Å². The Morgan fingerprint density at radius 2 is 1.89 bits per heavy atom. The van der Waals surface area contributed by atoms with E-state index >= 15 is 0 Å². The van der Waals surface area contributed by atoms with Crippen LogP contribution in [-0.4, -0.2) is 27.8 Å². The minimum absolute atomic E-state index is 0.0805. The molecule has 0 unspecified atom stereocenters. The Balaban J connectivity index is 1.41. The summed E-state index contributed by atoms with van der Waals surface area (Å²) >= 11 is 1.54. The molecule has 0 aliphatic carbocycles. The van der Waals surface area contributed by atoms with Crippen LogP contribution in [0.4, 0.5) is 5.82 Å². The van der Waals surface area contributed by atoms with Crippen LogP contribution < -0.4 is 14.8 Å². The number of ether oxygens (including phenoxy) is 2. The van der Waals surface area contributed by atoms with Crippen LogP contribution in [0, 0.1) is 6.92 Å². The smallest absolute Gasteiger partial charge is 0.226 e. The molecule has 1 N–H and O–H groups in total. The van der Waals surface area contributed by atoms with Crippen molar-refractivity contribution >= 4 is 33.3 Å². The number of hydrogen-bond donors (Lipinski definition) is 1. The van der Waals surface area contributed by atoms with E-state index in [4.69, 9.17) is 14.5 Å². The number of aryl methyl sites for hydroxylation is 1. The maximum absolute atomic E-state index is 12.9. The molecule has 1 aliphatic heterocycles. The van der Waals surface area contributed by atoms with Crippen molar-refractivity contribution in [1.29, 1.82) is 0 Å². The minimum atomic E-state index is -0.237. The number of amides is 1. The molecule has 6 rings (SSSR count). The first-order chi connectivity index (χ1) is 17.6. The number of fused-ring (bicyclic) bond motifs is 2. The van der Waals surface area contributed by atoms with Crippen LogP contribution in [0.5, 0.6) is 11.5 Å². The van der Waals surface area contributed by atoms with Gasteiger partial charge in [-0.15, -0.1) is 0 Å². The molecule has 0 saturated heterocycles. The second kappa shape index (κ2) is 9.13. The predicted molar refractivity (Wildman–Crippen MR) is 140 cm³/mol. The maximum Gasteiger partial charge on any atom is 0.226 e. The lowest BCUT2D eigenvalue weighted by Crippen LogP contribution is -2.25. The number of methoxy groups -OCH3 is 1. The van der Waals surface area contributed by atoms with Crippen molar-refractivity contribution in [3.8, 4) is 16.6 Å². The zero-order valence-electron chi connectivity index (χ0n) is 19.9. The van der Waals surface area contributed by atoms with Crippen LogP contribution in [-0.2, 0) is 11.4 Å². The summed E-state index contributed by atoms with van der Waals surface area (Å²) in [5, 5.41) is 8.36. The first kappa shape index (κ1) is 22.3. The molecule has 0 fully saturated rings. The van der Waals surface area contributed by atoms with Crippen molar-refractivity contribution in [1.82, 2.24) is 14.8 Å². The normalized spacial score (nSPS) is 14.9. The fraction of sp³-hybridized carbons (Fsp3) is 0.179. The van der Waals surface area contributed by atoms with Crippen molar-refractivity contribution in [2.75, 3.05) is 12.4 Å². The quantitative estimate of drug-likeness (QED) is 0.319. The Hall–Kier alpha value is -4.17. The number of nitrogens with one attached hydrogen (secondary N) is 1. The molecule has 180 valence electrons. The van der Waals surface area contributed by atoms with Crippen molar-refractivity contribution in [2.45, 2.75) is 25.9 Å². The van der Waals surface area contributed by atoms with E-state index in [1.54, 1.807) is 11.8 Å². The van der Waals surface area contributed by atoms with Crippen LogP contribution in [0.2, 0.25) is 0 Å². The van der Waals surface area contributed by atoms with Gasteiger partial charge in [-0.05, 0) is 36.2 Å². The number of aromatic nitrogens is 3. The summed E-state index contributed by atoms with van der Waals surface area (Å²) in [5.74, 6) is 1.60. The number of hydrogen-bond acceptors (Lipinski definition) is 6. The molecule has 1 atom stereocenters. The van der Waals surface area contributed by atoms with E-state index in [2.05, 4.69) is 29.5 Å². The lowest BCUT2D eigenvalue weighted by Gasteiger charge is -2.26. The molecule has 2 aromatic heterocycles. The van der Waals surface area contributed by atoms with Crippen molar-refractivity contribution in [2.24, 2.45) is 0 Å². The summed E-state index contributed by atoms with van der Waals surface area (Å²) in [6.45, 7) is 2.47. The molecule has 0 bridgehead atoms. The highest BCUT2D eigenvalue weighted by Crippen LogP contribution is 2.45. The molecule has 8 heteroatoms. The number of rotatable bonds is 6. The molecule has 3 heterocycles. The van der Waals surface area contributed by atoms with E-state index in [9.17, 15) is 4.79 Å². The number of anilines is 1. The first-order valence-corrected chi connectivity index (χ1v) is 12.5. The van der Waals surface area contributed by atoms with E-state index in [0.29, 0.717) is 29.1 Å². The van der Waals surface area contributed by atoms with Gasteiger partial charge in [0.1, 0.15) is 12.4 Å². The maximum atomic E-state index is 12.9. The van der Waals surface area contributed by atoms with Gasteiger partial charge in [0.05, 0.1) is 23.5 Å². The average molecular weight is 497 g/mol. The van der Waals surface area contributed by atoms with Gasteiger partial charge in [-0.25, -0.2) is 4.98 Å². The van der Waals surface area contributed by atoms with Gasteiger partial charge < -0.3 is 14.8 Å². The Kier molecular flexibility index (Phi) is 5.65. The number of carbonyl (C=O) groups excluding carboxylic acids is 1. The number of benzene rings is 3. The molecule has 5 aromatic rings. The third-order valence-electron chi connectivity index (χ3n) is 6.52. The third-order valence-corrected chi connectivity index (χ3v) is 7.53. The number of nitrogens with zero attached hydrogens (tertiary/aromatic N) is 3. The van der Waals surface area contributed by atoms with Crippen LogP contribution in [0.3, 0.4) is 0 Å². The zero-order chi connectivity index (χ0) is 24.6. The SMILES string of the molecule is COc1cccc([C@@H]2CC(=O)Nc3c2cnn3-c2nc3ccccc3s2)c1OCc1ccccc1C. The van der Waals surface area contributed by atoms with Gasteiger partial charge in [-0.3, -0.25) is 4.79 Å². The van der Waals surface area contributed by atoms with Gasteiger partial charge in [0.25, 0.3) is 0 Å². The van der Waals surface area contributed by atoms with Crippen LogP contribution in [0.25, 0.3) is 15.3 Å². The molecule has 0 spiro atoms. The summed E-state index contributed by atoms with van der Waals surface area (Å²) in [6, 6.07) is 21.9. The van der Waals surface area contributed by atoms with Gasteiger partial charge in [-0.1, -0.05) is 59.9 Å². The minimum Gasteiger partial charge on any atom is -0.493 e. The van der Waals surface area contributed by atoms with E-state index in [0.717, 1.165) is 32.5 Å². The Bertz CT molecular complexity index is 1560. The lowest BCUT2D eigenvalue weighted by molar-refractivity contribution is -0.116. The Morgan fingerprint density at radius 3 is 2.72 bits per heavy atom. The number of carbonyl (C=O) groups is 1. The second-order valence-corrected chi connectivity index (χ2v) is 9.73. The van der Waals surface area contributed by atoms with Crippen LogP contribution >= 0.6 is 11.3 Å². The topological polar surface area (TPSA) is 78.3 Å². The van der Waals surface area contributed by atoms with Crippen LogP contribution in [0.1, 0.15) is 34.6 Å². The number of para-hydroxylation sites is 2. The molecule has 36 heavy (non-hydrogen) atoms. The Labute approximate surface area is 212 Å². The molecule has 7 nitrogen and oxygen atoms in total. The monoisotopic (exact) mass is 496 g/mol. The predicted octanol–water partition coefficient (Wildman–Crippen LogP) is 5.85. The summed E-state index contributed by atoms with van der Waals surface area (Å²) in [6.07, 6.45) is 2.10.